The molecular formula is C28H30N4O5S. The molecule has 0 spiro atoms. The fourth-order valence-corrected chi connectivity index (χ4v) is 6.45. The standard InChI is InChI=1S/C28H30N4O5S/c1-2-21-15-26(30-28(37-21)18-6-9-27(34)19(14-18)16-29)24-5-3-4-23-22(24)7-8-25(23)31-38(35,36)13-12-32-11-10-20(33)17-32/h2-6,9,14-15,20,25,31,33-34H,7-8,10-13,17H2,1H3/b21-2+/t20-,25?/m0/s1. The molecule has 2 aromatic carbocycles. The van der Waals surface area contributed by atoms with Gasteiger partial charge in [0, 0.05) is 42.9 Å². The molecular weight excluding hydrogens is 504 g/mol. The number of fused-ring (bicyclic) bond motifs is 1. The van der Waals surface area contributed by atoms with Crippen molar-refractivity contribution in [2.24, 2.45) is 4.99 Å². The smallest absolute Gasteiger partial charge is 0.227 e. The van der Waals surface area contributed by atoms with E-state index in [0.29, 0.717) is 61.8 Å². The van der Waals surface area contributed by atoms with Gasteiger partial charge in [0.1, 0.15) is 17.6 Å². The molecule has 2 aromatic rings. The van der Waals surface area contributed by atoms with Gasteiger partial charge in [-0.2, -0.15) is 5.26 Å². The number of benzene rings is 2. The molecule has 198 valence electrons. The molecule has 0 aromatic heterocycles. The monoisotopic (exact) mass is 534 g/mol. The Balaban J connectivity index is 1.39. The fraction of sp³-hybridized carbons (Fsp3) is 0.357. The number of phenolic OH excluding ortho intramolecular Hbond substituents is 1. The van der Waals surface area contributed by atoms with Crippen LogP contribution in [0, 0.1) is 11.3 Å². The highest BCUT2D eigenvalue weighted by Gasteiger charge is 2.30. The van der Waals surface area contributed by atoms with Gasteiger partial charge in [-0.05, 0) is 61.6 Å². The second-order valence-corrected chi connectivity index (χ2v) is 11.6. The molecule has 2 heterocycles. The Bertz CT molecular complexity index is 1490. The highest BCUT2D eigenvalue weighted by Crippen LogP contribution is 2.38. The lowest BCUT2D eigenvalue weighted by Crippen LogP contribution is -2.35. The third kappa shape index (κ3) is 5.51. The fourth-order valence-electron chi connectivity index (χ4n) is 5.16. The van der Waals surface area contributed by atoms with Crippen molar-refractivity contribution in [3.8, 4) is 11.8 Å². The number of nitrogens with one attached hydrogen (secondary N) is 1. The summed E-state index contributed by atoms with van der Waals surface area (Å²) < 4.78 is 34.6. The molecule has 10 heteroatoms. The van der Waals surface area contributed by atoms with E-state index in [-0.39, 0.29) is 29.2 Å². The van der Waals surface area contributed by atoms with Crippen LogP contribution in [0.3, 0.4) is 0 Å². The number of ether oxygens (including phenoxy) is 1. The van der Waals surface area contributed by atoms with Crippen LogP contribution in [-0.4, -0.2) is 60.9 Å². The van der Waals surface area contributed by atoms with Gasteiger partial charge in [0.05, 0.1) is 23.1 Å². The number of aliphatic imine (C=N–C) groups is 1. The summed E-state index contributed by atoms with van der Waals surface area (Å²) in [5.41, 5.74) is 4.24. The molecule has 5 rings (SSSR count). The maximum Gasteiger partial charge on any atom is 0.227 e. The van der Waals surface area contributed by atoms with Gasteiger partial charge < -0.3 is 14.9 Å². The highest BCUT2D eigenvalue weighted by molar-refractivity contribution is 7.89. The van der Waals surface area contributed by atoms with Crippen LogP contribution in [0.25, 0.3) is 5.70 Å². The Morgan fingerprint density at radius 3 is 2.87 bits per heavy atom. The van der Waals surface area contributed by atoms with E-state index in [1.165, 1.54) is 12.1 Å². The lowest BCUT2D eigenvalue weighted by molar-refractivity contribution is 0.178. The summed E-state index contributed by atoms with van der Waals surface area (Å²) in [5, 5.41) is 28.9. The largest absolute Gasteiger partial charge is 0.507 e. The summed E-state index contributed by atoms with van der Waals surface area (Å²) in [6, 6.07) is 12.1. The van der Waals surface area contributed by atoms with Crippen LogP contribution in [-0.2, 0) is 21.2 Å². The van der Waals surface area contributed by atoms with E-state index >= 15 is 0 Å². The minimum absolute atomic E-state index is 0.0106. The Hall–Kier alpha value is -3.49. The average molecular weight is 535 g/mol. The Morgan fingerprint density at radius 1 is 1.29 bits per heavy atom. The molecule has 1 fully saturated rings. The lowest BCUT2D eigenvalue weighted by Gasteiger charge is -2.20. The molecule has 3 aliphatic rings. The molecule has 2 aliphatic heterocycles. The number of nitriles is 1. The van der Waals surface area contributed by atoms with Crippen molar-refractivity contribution in [2.45, 2.75) is 38.3 Å². The number of likely N-dealkylation sites (tertiary alicyclic amines) is 1. The first kappa shape index (κ1) is 26.1. The highest BCUT2D eigenvalue weighted by atomic mass is 32.2. The second-order valence-electron chi connectivity index (χ2n) is 9.73. The van der Waals surface area contributed by atoms with Crippen molar-refractivity contribution in [3.63, 3.8) is 0 Å². The lowest BCUT2D eigenvalue weighted by atomic mass is 9.99. The van der Waals surface area contributed by atoms with E-state index in [9.17, 15) is 23.9 Å². The first-order valence-electron chi connectivity index (χ1n) is 12.7. The number of sulfonamides is 1. The van der Waals surface area contributed by atoms with Crippen molar-refractivity contribution < 1.29 is 23.4 Å². The third-order valence-electron chi connectivity index (χ3n) is 7.16. The molecule has 1 unspecified atom stereocenters. The van der Waals surface area contributed by atoms with Gasteiger partial charge in [-0.15, -0.1) is 0 Å². The summed E-state index contributed by atoms with van der Waals surface area (Å²) in [6.45, 7) is 3.48. The van der Waals surface area contributed by atoms with E-state index < -0.39 is 10.0 Å². The summed E-state index contributed by atoms with van der Waals surface area (Å²) in [6.07, 6.45) is 5.31. The average Bonchev–Trinajstić information content (AvgIpc) is 3.53. The number of aliphatic hydroxyl groups is 1. The summed E-state index contributed by atoms with van der Waals surface area (Å²) in [4.78, 5) is 6.72. The Labute approximate surface area is 222 Å². The minimum atomic E-state index is -3.51. The molecule has 0 amide bonds. The molecule has 38 heavy (non-hydrogen) atoms. The normalized spacial score (nSPS) is 22.5. The first-order chi connectivity index (χ1) is 18.3. The molecule has 3 N–H and O–H groups in total. The summed E-state index contributed by atoms with van der Waals surface area (Å²) in [7, 11) is -3.51. The molecule has 1 aliphatic carbocycles. The molecule has 9 nitrogen and oxygen atoms in total. The van der Waals surface area contributed by atoms with Crippen LogP contribution in [0.4, 0.5) is 0 Å². The molecule has 0 bridgehead atoms. The van der Waals surface area contributed by atoms with Gasteiger partial charge in [0.25, 0.3) is 0 Å². The van der Waals surface area contributed by atoms with Crippen molar-refractivity contribution in [1.82, 2.24) is 9.62 Å². The quantitative estimate of drug-likeness (QED) is 0.497. The maximum atomic E-state index is 12.9. The van der Waals surface area contributed by atoms with Gasteiger partial charge in [0.2, 0.25) is 15.9 Å². The first-order valence-corrected chi connectivity index (χ1v) is 14.3. The number of aromatic hydroxyl groups is 1. The molecule has 1 saturated heterocycles. The second kappa shape index (κ2) is 10.7. The number of phenols is 1. The van der Waals surface area contributed by atoms with Gasteiger partial charge in [-0.3, -0.25) is 4.90 Å². The van der Waals surface area contributed by atoms with Crippen LogP contribution < -0.4 is 4.72 Å². The van der Waals surface area contributed by atoms with Gasteiger partial charge >= 0.3 is 0 Å². The molecule has 2 atom stereocenters. The molecule has 0 radical (unpaired) electrons. The van der Waals surface area contributed by atoms with Crippen molar-refractivity contribution in [3.05, 3.63) is 82.1 Å². The predicted molar refractivity (Wildman–Crippen MR) is 144 cm³/mol. The van der Waals surface area contributed by atoms with Crippen molar-refractivity contribution in [1.29, 1.82) is 5.26 Å². The van der Waals surface area contributed by atoms with Crippen LogP contribution in [0.15, 0.2) is 59.3 Å². The SMILES string of the molecule is C/C=C1\C=C(c2cccc3c2CCC3NS(=O)(=O)CCN2CC[C@H](O)C2)N=C(c2ccc(O)c(C#N)c2)O1. The van der Waals surface area contributed by atoms with E-state index in [4.69, 9.17) is 9.73 Å². The minimum Gasteiger partial charge on any atom is -0.507 e. The topological polar surface area (TPSA) is 135 Å². The predicted octanol–water partition coefficient (Wildman–Crippen LogP) is 2.96. The third-order valence-corrected chi connectivity index (χ3v) is 8.52. The zero-order valence-corrected chi connectivity index (χ0v) is 21.9. The number of hydrogen-bond acceptors (Lipinski definition) is 8. The Kier molecular flexibility index (Phi) is 7.36. The summed E-state index contributed by atoms with van der Waals surface area (Å²) in [5.74, 6) is 0.786. The van der Waals surface area contributed by atoms with Crippen LogP contribution in [0.5, 0.6) is 5.75 Å². The van der Waals surface area contributed by atoms with Gasteiger partial charge in [0.15, 0.2) is 0 Å². The van der Waals surface area contributed by atoms with Gasteiger partial charge in [-0.25, -0.2) is 18.1 Å². The van der Waals surface area contributed by atoms with Crippen LogP contribution in [0.2, 0.25) is 0 Å². The molecule has 0 saturated carbocycles. The number of aliphatic hydroxyl groups excluding tert-OH is 1. The van der Waals surface area contributed by atoms with Gasteiger partial charge in [-0.1, -0.05) is 18.2 Å². The number of allylic oxidation sites excluding steroid dienone is 2. The van der Waals surface area contributed by atoms with Crippen molar-refractivity contribution >= 4 is 21.6 Å². The number of nitrogens with zero attached hydrogens (tertiary/aromatic N) is 3. The van der Waals surface area contributed by atoms with Crippen LogP contribution >= 0.6 is 0 Å². The zero-order valence-electron chi connectivity index (χ0n) is 21.1. The van der Waals surface area contributed by atoms with Crippen LogP contribution in [0.1, 0.15) is 53.6 Å². The number of hydrogen-bond donors (Lipinski definition) is 3. The van der Waals surface area contributed by atoms with E-state index in [0.717, 1.165) is 16.7 Å². The van der Waals surface area contributed by atoms with E-state index in [2.05, 4.69) is 4.72 Å². The van der Waals surface area contributed by atoms with Crippen molar-refractivity contribution in [2.75, 3.05) is 25.4 Å². The number of β-amino-alcohol motifs (C(OH)–C–C–N with tert-alkyl or cyclic N) is 1. The summed E-state index contributed by atoms with van der Waals surface area (Å²) >= 11 is 0. The maximum absolute atomic E-state index is 12.9. The Morgan fingerprint density at radius 2 is 2.13 bits per heavy atom. The number of rotatable bonds is 7. The zero-order chi connectivity index (χ0) is 26.9. The van der Waals surface area contributed by atoms with E-state index in [1.807, 2.05) is 48.2 Å². The van der Waals surface area contributed by atoms with E-state index in [1.54, 1.807) is 6.07 Å².